The highest BCUT2D eigenvalue weighted by Gasteiger charge is 2.44. The maximum atomic E-state index is 12.0. The standard InChI is InChI=1S/C7H10Cl4N2O2S2/c1-6(2,4-12)17(14,15)13(3)16-7(10,11)5(8)9/h5H,1-3H3. The van der Waals surface area contributed by atoms with Crippen molar-refractivity contribution in [3.63, 3.8) is 0 Å². The molecule has 0 aromatic carbocycles. The van der Waals surface area contributed by atoms with E-state index >= 15 is 0 Å². The lowest BCUT2D eigenvalue weighted by Gasteiger charge is -2.29. The smallest absolute Gasteiger partial charge is 0.210 e. The third-order valence-electron chi connectivity index (χ3n) is 1.76. The van der Waals surface area contributed by atoms with E-state index in [0.717, 1.165) is 3.71 Å². The molecule has 0 aliphatic rings. The second-order valence-corrected chi connectivity index (χ2v) is 10.5. The molecule has 0 fully saturated rings. The van der Waals surface area contributed by atoms with E-state index in [1.807, 2.05) is 0 Å². The van der Waals surface area contributed by atoms with E-state index in [9.17, 15) is 8.42 Å². The zero-order valence-electron chi connectivity index (χ0n) is 9.12. The highest BCUT2D eigenvalue weighted by Crippen LogP contribution is 2.45. The lowest BCUT2D eigenvalue weighted by Crippen LogP contribution is -2.40. The number of sulfonamides is 1. The summed E-state index contributed by atoms with van der Waals surface area (Å²) in [4.78, 5) is -1.20. The second kappa shape index (κ2) is 5.91. The van der Waals surface area contributed by atoms with Gasteiger partial charge in [-0.1, -0.05) is 23.2 Å². The average molecular weight is 360 g/mol. The topological polar surface area (TPSA) is 61.2 Å². The number of rotatable bonds is 5. The fourth-order valence-corrected chi connectivity index (χ4v) is 4.23. The van der Waals surface area contributed by atoms with Gasteiger partial charge in [0.1, 0.15) is 0 Å². The Labute approximate surface area is 125 Å². The molecule has 100 valence electrons. The molecular weight excluding hydrogens is 350 g/mol. The van der Waals surface area contributed by atoms with Crippen LogP contribution in [0.2, 0.25) is 0 Å². The summed E-state index contributed by atoms with van der Waals surface area (Å²) in [5, 5.41) is 8.80. The molecule has 0 N–H and O–H groups in total. The lowest BCUT2D eigenvalue weighted by atomic mass is 10.2. The number of hydrogen-bond donors (Lipinski definition) is 0. The fraction of sp³-hybridized carbons (Fsp3) is 0.857. The molecule has 0 bridgehead atoms. The molecule has 0 aromatic rings. The number of hydrogen-bond acceptors (Lipinski definition) is 4. The second-order valence-electron chi connectivity index (χ2n) is 3.49. The van der Waals surface area contributed by atoms with Gasteiger partial charge in [-0.15, -0.1) is 26.9 Å². The van der Waals surface area contributed by atoms with Crippen LogP contribution in [-0.4, -0.2) is 32.4 Å². The summed E-state index contributed by atoms with van der Waals surface area (Å²) in [7, 11) is -2.69. The van der Waals surface area contributed by atoms with Crippen LogP contribution in [0.1, 0.15) is 13.8 Å². The van der Waals surface area contributed by atoms with Crippen LogP contribution in [0.15, 0.2) is 0 Å². The average Bonchev–Trinajstić information content (AvgIpc) is 2.16. The first kappa shape index (κ1) is 17.9. The number of nitriles is 1. The van der Waals surface area contributed by atoms with Crippen molar-refractivity contribution < 1.29 is 8.42 Å². The summed E-state index contributed by atoms with van der Waals surface area (Å²) in [5.41, 5.74) is 0. The highest BCUT2D eigenvalue weighted by atomic mass is 35.5. The van der Waals surface area contributed by atoms with Crippen LogP contribution in [-0.2, 0) is 10.0 Å². The first-order valence-electron chi connectivity index (χ1n) is 4.13. The lowest BCUT2D eigenvalue weighted by molar-refractivity contribution is 0.540. The van der Waals surface area contributed by atoms with Gasteiger partial charge in [0.05, 0.1) is 6.07 Å². The molecule has 0 spiro atoms. The van der Waals surface area contributed by atoms with Crippen molar-refractivity contribution in [3.8, 4) is 6.07 Å². The van der Waals surface area contributed by atoms with Gasteiger partial charge in [0.25, 0.3) is 0 Å². The van der Waals surface area contributed by atoms with Gasteiger partial charge in [-0.2, -0.15) is 5.26 Å². The minimum absolute atomic E-state index is 0.520. The molecule has 0 aliphatic carbocycles. The highest BCUT2D eigenvalue weighted by molar-refractivity contribution is 8.11. The van der Waals surface area contributed by atoms with E-state index in [-0.39, 0.29) is 0 Å². The van der Waals surface area contributed by atoms with E-state index < -0.39 is 23.3 Å². The fourth-order valence-electron chi connectivity index (χ4n) is 0.639. The number of nitrogens with zero attached hydrogens (tertiary/aromatic N) is 2. The van der Waals surface area contributed by atoms with Crippen LogP contribution in [0.3, 0.4) is 0 Å². The SMILES string of the molecule is CN(SC(Cl)(Cl)C(Cl)Cl)S(=O)(=O)C(C)(C)C#N. The first-order chi connectivity index (χ1) is 7.38. The molecule has 4 nitrogen and oxygen atoms in total. The predicted molar refractivity (Wildman–Crippen MR) is 73.9 cm³/mol. The number of halogens is 4. The molecule has 0 saturated heterocycles. The Kier molecular flexibility index (Phi) is 6.23. The van der Waals surface area contributed by atoms with Crippen LogP contribution < -0.4 is 0 Å². The molecule has 0 amide bonds. The maximum Gasteiger partial charge on any atom is 0.241 e. The first-order valence-corrected chi connectivity index (χ1v) is 7.97. The summed E-state index contributed by atoms with van der Waals surface area (Å²) < 4.78 is 21.4. The van der Waals surface area contributed by atoms with Gasteiger partial charge in [0.2, 0.25) is 13.7 Å². The Morgan fingerprint density at radius 2 is 1.76 bits per heavy atom. The maximum absolute atomic E-state index is 12.0. The van der Waals surface area contributed by atoms with Gasteiger partial charge >= 0.3 is 0 Å². The summed E-state index contributed by atoms with van der Waals surface area (Å²) in [5.74, 6) is 0. The van der Waals surface area contributed by atoms with Gasteiger partial charge in [-0.05, 0) is 25.8 Å². The third-order valence-corrected chi connectivity index (χ3v) is 7.57. The van der Waals surface area contributed by atoms with E-state index in [2.05, 4.69) is 0 Å². The Balaban J connectivity index is 5.12. The van der Waals surface area contributed by atoms with Gasteiger partial charge < -0.3 is 0 Å². The molecule has 0 unspecified atom stereocenters. The molecule has 0 rings (SSSR count). The van der Waals surface area contributed by atoms with Crippen molar-refractivity contribution in [2.75, 3.05) is 7.05 Å². The van der Waals surface area contributed by atoms with Gasteiger partial charge in [-0.3, -0.25) is 0 Å². The van der Waals surface area contributed by atoms with Gasteiger partial charge in [0, 0.05) is 7.05 Å². The third kappa shape index (κ3) is 4.20. The molecule has 0 saturated carbocycles. The van der Waals surface area contributed by atoms with Crippen molar-refractivity contribution in [1.29, 1.82) is 5.26 Å². The van der Waals surface area contributed by atoms with E-state index in [1.165, 1.54) is 20.9 Å². The molecule has 0 radical (unpaired) electrons. The summed E-state index contributed by atoms with van der Waals surface area (Å²) >= 11 is 23.0. The molecule has 17 heavy (non-hydrogen) atoms. The summed E-state index contributed by atoms with van der Waals surface area (Å²) in [6, 6.07) is 1.68. The molecule has 0 aliphatic heterocycles. The van der Waals surface area contributed by atoms with Crippen LogP contribution in [0.5, 0.6) is 0 Å². The Hall–Kier alpha value is 0.910. The minimum Gasteiger partial charge on any atom is -0.210 e. The van der Waals surface area contributed by atoms with E-state index in [4.69, 9.17) is 51.7 Å². The van der Waals surface area contributed by atoms with Crippen LogP contribution in [0.4, 0.5) is 0 Å². The molecule has 0 atom stereocenters. The van der Waals surface area contributed by atoms with Crippen LogP contribution in [0, 0.1) is 11.3 Å². The zero-order chi connectivity index (χ0) is 14.1. The van der Waals surface area contributed by atoms with Crippen molar-refractivity contribution in [1.82, 2.24) is 3.71 Å². The summed E-state index contributed by atoms with van der Waals surface area (Å²) in [6.45, 7) is 2.53. The predicted octanol–water partition coefficient (Wildman–Crippen LogP) is 3.13. The number of alkyl halides is 4. The van der Waals surface area contributed by atoms with E-state index in [1.54, 1.807) is 6.07 Å². The molecule has 0 heterocycles. The van der Waals surface area contributed by atoms with Crippen LogP contribution >= 0.6 is 58.4 Å². The van der Waals surface area contributed by atoms with Gasteiger partial charge in [0.15, 0.2) is 9.58 Å². The minimum atomic E-state index is -3.91. The van der Waals surface area contributed by atoms with Crippen LogP contribution in [0.25, 0.3) is 0 Å². The Morgan fingerprint density at radius 3 is 2.06 bits per heavy atom. The van der Waals surface area contributed by atoms with Gasteiger partial charge in [-0.25, -0.2) is 8.42 Å². The molecule has 10 heteroatoms. The quantitative estimate of drug-likeness (QED) is 0.558. The largest absolute Gasteiger partial charge is 0.241 e. The normalized spacial score (nSPS) is 14.1. The van der Waals surface area contributed by atoms with Crippen molar-refractivity contribution in [2.45, 2.75) is 27.1 Å². The monoisotopic (exact) mass is 358 g/mol. The van der Waals surface area contributed by atoms with Crippen molar-refractivity contribution in [2.24, 2.45) is 0 Å². The summed E-state index contributed by atoms with van der Waals surface area (Å²) in [6.07, 6.45) is 0. The van der Waals surface area contributed by atoms with Crippen molar-refractivity contribution in [3.05, 3.63) is 0 Å². The Bertz CT molecular complexity index is 416. The van der Waals surface area contributed by atoms with E-state index in [0.29, 0.717) is 11.9 Å². The molecule has 0 aromatic heterocycles. The zero-order valence-corrected chi connectivity index (χ0v) is 13.8. The molecular formula is C7H10Cl4N2O2S2. The van der Waals surface area contributed by atoms with Crippen molar-refractivity contribution >= 4 is 68.4 Å². The Morgan fingerprint density at radius 1 is 1.35 bits per heavy atom.